The highest BCUT2D eigenvalue weighted by molar-refractivity contribution is 9.10. The number of hydrogen-bond donors (Lipinski definition) is 0. The molecule has 0 radical (unpaired) electrons. The van der Waals surface area contributed by atoms with Crippen molar-refractivity contribution < 1.29 is 0 Å². The van der Waals surface area contributed by atoms with Crippen molar-refractivity contribution >= 4 is 15.9 Å². The summed E-state index contributed by atoms with van der Waals surface area (Å²) in [4.78, 5) is 0. The molecule has 1 unspecified atom stereocenters. The molecule has 0 aliphatic carbocycles. The molecule has 0 spiro atoms. The monoisotopic (exact) mass is 224 g/mol. The lowest BCUT2D eigenvalue weighted by molar-refractivity contribution is 0.782. The lowest BCUT2D eigenvalue weighted by Gasteiger charge is -2.08. The Morgan fingerprint density at radius 3 is 2.50 bits per heavy atom. The quantitative estimate of drug-likeness (QED) is 0.678. The molecule has 0 aliphatic heterocycles. The summed E-state index contributed by atoms with van der Waals surface area (Å²) in [7, 11) is 0. The van der Waals surface area contributed by atoms with E-state index in [9.17, 15) is 0 Å². The van der Waals surface area contributed by atoms with Crippen molar-refractivity contribution in [2.75, 3.05) is 0 Å². The molecule has 0 heterocycles. The van der Waals surface area contributed by atoms with Gasteiger partial charge in [0.05, 0.1) is 0 Å². The van der Waals surface area contributed by atoms with Gasteiger partial charge in [-0.2, -0.15) is 0 Å². The molecule has 1 rings (SSSR count). The fourth-order valence-corrected chi connectivity index (χ4v) is 1.44. The van der Waals surface area contributed by atoms with Gasteiger partial charge in [0.1, 0.15) is 0 Å². The predicted molar refractivity (Wildman–Crippen MR) is 57.4 cm³/mol. The Balaban J connectivity index is 2.74. The van der Waals surface area contributed by atoms with E-state index in [1.165, 1.54) is 5.56 Å². The molecular formula is C11H13Br. The lowest BCUT2D eigenvalue weighted by Crippen LogP contribution is -1.90. The average molecular weight is 225 g/mol. The van der Waals surface area contributed by atoms with E-state index in [0.717, 1.165) is 10.9 Å². The first-order valence-electron chi connectivity index (χ1n) is 4.10. The minimum atomic E-state index is 0.579. The van der Waals surface area contributed by atoms with Gasteiger partial charge in [0.25, 0.3) is 0 Å². The fraction of sp³-hybridized carbons (Fsp3) is 0.273. The summed E-state index contributed by atoms with van der Waals surface area (Å²) < 4.78 is 1.14. The van der Waals surface area contributed by atoms with E-state index in [1.54, 1.807) is 0 Å². The van der Waals surface area contributed by atoms with Crippen molar-refractivity contribution in [3.05, 3.63) is 47.0 Å². The van der Waals surface area contributed by atoms with Crippen LogP contribution in [0.15, 0.2) is 41.4 Å². The van der Waals surface area contributed by atoms with Gasteiger partial charge in [-0.3, -0.25) is 0 Å². The lowest BCUT2D eigenvalue weighted by atomic mass is 9.98. The summed E-state index contributed by atoms with van der Waals surface area (Å²) in [6.45, 7) is 5.95. The zero-order valence-corrected chi connectivity index (χ0v) is 8.84. The zero-order chi connectivity index (χ0) is 8.97. The highest BCUT2D eigenvalue weighted by Gasteiger charge is 2.01. The van der Waals surface area contributed by atoms with Crippen molar-refractivity contribution in [3.8, 4) is 0 Å². The SMILES string of the molecule is C=CCC(C)c1ccc(Br)cc1. The van der Waals surface area contributed by atoms with Crippen LogP contribution < -0.4 is 0 Å². The number of allylic oxidation sites excluding steroid dienone is 1. The van der Waals surface area contributed by atoms with Gasteiger partial charge in [-0.25, -0.2) is 0 Å². The molecule has 0 aliphatic rings. The molecule has 1 heteroatoms. The van der Waals surface area contributed by atoms with Crippen molar-refractivity contribution in [1.82, 2.24) is 0 Å². The summed E-state index contributed by atoms with van der Waals surface area (Å²) >= 11 is 3.41. The van der Waals surface area contributed by atoms with Gasteiger partial charge in [-0.15, -0.1) is 6.58 Å². The number of rotatable bonds is 3. The molecule has 1 aromatic carbocycles. The third-order valence-corrected chi connectivity index (χ3v) is 2.49. The molecular weight excluding hydrogens is 212 g/mol. The van der Waals surface area contributed by atoms with Gasteiger partial charge >= 0.3 is 0 Å². The molecule has 0 amide bonds. The molecule has 0 saturated carbocycles. The second kappa shape index (κ2) is 4.46. The zero-order valence-electron chi connectivity index (χ0n) is 7.26. The molecule has 0 bridgehead atoms. The molecule has 0 N–H and O–H groups in total. The molecule has 64 valence electrons. The Bertz CT molecular complexity index is 248. The summed E-state index contributed by atoms with van der Waals surface area (Å²) in [5, 5.41) is 0. The van der Waals surface area contributed by atoms with Crippen molar-refractivity contribution in [2.45, 2.75) is 19.3 Å². The van der Waals surface area contributed by atoms with Crippen LogP contribution in [0.5, 0.6) is 0 Å². The van der Waals surface area contributed by atoms with Crippen LogP contribution in [0.25, 0.3) is 0 Å². The number of halogens is 1. The first-order valence-corrected chi connectivity index (χ1v) is 4.89. The standard InChI is InChI=1S/C11H13Br/c1-3-4-9(2)10-5-7-11(12)8-6-10/h3,5-9H,1,4H2,2H3. The fourth-order valence-electron chi connectivity index (χ4n) is 1.18. The first-order chi connectivity index (χ1) is 5.74. The molecule has 1 atom stereocenters. The van der Waals surface area contributed by atoms with Crippen LogP contribution in [0, 0.1) is 0 Å². The first kappa shape index (κ1) is 9.53. The van der Waals surface area contributed by atoms with E-state index in [1.807, 2.05) is 6.08 Å². The minimum Gasteiger partial charge on any atom is -0.103 e. The van der Waals surface area contributed by atoms with E-state index < -0.39 is 0 Å². The largest absolute Gasteiger partial charge is 0.103 e. The Hall–Kier alpha value is -0.560. The van der Waals surface area contributed by atoms with Gasteiger partial charge in [0.2, 0.25) is 0 Å². The van der Waals surface area contributed by atoms with Crippen LogP contribution in [-0.4, -0.2) is 0 Å². The Kier molecular flexibility index (Phi) is 3.54. The maximum Gasteiger partial charge on any atom is 0.0175 e. The van der Waals surface area contributed by atoms with Crippen molar-refractivity contribution in [2.24, 2.45) is 0 Å². The third kappa shape index (κ3) is 2.49. The normalized spacial score (nSPS) is 12.5. The van der Waals surface area contributed by atoms with Crippen LogP contribution in [0.3, 0.4) is 0 Å². The van der Waals surface area contributed by atoms with E-state index in [-0.39, 0.29) is 0 Å². The van der Waals surface area contributed by atoms with Crippen LogP contribution in [-0.2, 0) is 0 Å². The molecule has 0 nitrogen and oxygen atoms in total. The van der Waals surface area contributed by atoms with Crippen molar-refractivity contribution in [3.63, 3.8) is 0 Å². The highest BCUT2D eigenvalue weighted by atomic mass is 79.9. The number of hydrogen-bond acceptors (Lipinski definition) is 0. The topological polar surface area (TPSA) is 0 Å². The maximum absolute atomic E-state index is 3.73. The van der Waals surface area contributed by atoms with Gasteiger partial charge < -0.3 is 0 Å². The van der Waals surface area contributed by atoms with Gasteiger partial charge in [0.15, 0.2) is 0 Å². The van der Waals surface area contributed by atoms with Crippen molar-refractivity contribution in [1.29, 1.82) is 0 Å². The predicted octanol–water partition coefficient (Wildman–Crippen LogP) is 4.13. The van der Waals surface area contributed by atoms with Crippen LogP contribution in [0.1, 0.15) is 24.8 Å². The summed E-state index contributed by atoms with van der Waals surface area (Å²) in [5.74, 6) is 0.579. The summed E-state index contributed by atoms with van der Waals surface area (Å²) in [6.07, 6.45) is 3.01. The van der Waals surface area contributed by atoms with E-state index in [4.69, 9.17) is 0 Å². The Morgan fingerprint density at radius 2 is 2.00 bits per heavy atom. The summed E-state index contributed by atoms with van der Waals surface area (Å²) in [6, 6.07) is 8.46. The van der Waals surface area contributed by atoms with Crippen LogP contribution in [0.2, 0.25) is 0 Å². The molecule has 1 aromatic rings. The minimum absolute atomic E-state index is 0.579. The second-order valence-corrected chi connectivity index (χ2v) is 3.89. The van der Waals surface area contributed by atoms with Gasteiger partial charge in [-0.1, -0.05) is 41.1 Å². The maximum atomic E-state index is 3.73. The smallest absolute Gasteiger partial charge is 0.0175 e. The molecule has 0 saturated heterocycles. The summed E-state index contributed by atoms with van der Waals surface area (Å²) in [5.41, 5.74) is 1.37. The Labute approximate surface area is 82.4 Å². The molecule has 12 heavy (non-hydrogen) atoms. The van der Waals surface area contributed by atoms with E-state index >= 15 is 0 Å². The third-order valence-electron chi connectivity index (χ3n) is 1.96. The second-order valence-electron chi connectivity index (χ2n) is 2.98. The van der Waals surface area contributed by atoms with E-state index in [0.29, 0.717) is 5.92 Å². The van der Waals surface area contributed by atoms with Gasteiger partial charge in [0, 0.05) is 4.47 Å². The average Bonchev–Trinajstić information content (AvgIpc) is 2.06. The number of benzene rings is 1. The molecule has 0 aromatic heterocycles. The molecule has 0 fully saturated rings. The van der Waals surface area contributed by atoms with E-state index in [2.05, 4.69) is 53.7 Å². The van der Waals surface area contributed by atoms with Gasteiger partial charge in [-0.05, 0) is 30.0 Å². The van der Waals surface area contributed by atoms with Crippen LogP contribution >= 0.6 is 15.9 Å². The van der Waals surface area contributed by atoms with Crippen LogP contribution in [0.4, 0.5) is 0 Å². The Morgan fingerprint density at radius 1 is 1.42 bits per heavy atom. The highest BCUT2D eigenvalue weighted by Crippen LogP contribution is 2.21.